The highest BCUT2D eigenvalue weighted by molar-refractivity contribution is 5.76. The van der Waals surface area contributed by atoms with Gasteiger partial charge in [0, 0.05) is 13.5 Å². The van der Waals surface area contributed by atoms with E-state index in [1.165, 1.54) is 14.0 Å². The van der Waals surface area contributed by atoms with E-state index in [9.17, 15) is 9.59 Å². The molecule has 1 amide bonds. The van der Waals surface area contributed by atoms with Gasteiger partial charge in [-0.05, 0) is 7.05 Å². The number of rotatable bonds is 4. The molecule has 0 aliphatic heterocycles. The van der Waals surface area contributed by atoms with Gasteiger partial charge in [-0.15, -0.1) is 0 Å². The van der Waals surface area contributed by atoms with Gasteiger partial charge in [-0.25, -0.2) is 0 Å². The van der Waals surface area contributed by atoms with Crippen molar-refractivity contribution in [2.75, 3.05) is 13.6 Å². The predicted molar refractivity (Wildman–Crippen MR) is 39.2 cm³/mol. The van der Waals surface area contributed by atoms with Crippen LogP contribution in [0.1, 0.15) is 6.92 Å². The van der Waals surface area contributed by atoms with E-state index in [-0.39, 0.29) is 12.5 Å². The number of carboxylic acid groups (broad SMARTS) is 1. The Morgan fingerprint density at radius 3 is 2.36 bits per heavy atom. The van der Waals surface area contributed by atoms with Crippen LogP contribution in [0.15, 0.2) is 0 Å². The van der Waals surface area contributed by atoms with Gasteiger partial charge in [0.1, 0.15) is 6.04 Å². The lowest BCUT2D eigenvalue weighted by molar-refractivity contribution is -0.139. The third-order valence-corrected chi connectivity index (χ3v) is 1.20. The molecule has 0 unspecified atom stereocenters. The summed E-state index contributed by atoms with van der Waals surface area (Å²) < 4.78 is 0. The second-order valence-corrected chi connectivity index (χ2v) is 2.12. The minimum Gasteiger partial charge on any atom is -0.480 e. The van der Waals surface area contributed by atoms with Crippen LogP contribution in [-0.4, -0.2) is 36.6 Å². The lowest BCUT2D eigenvalue weighted by atomic mass is 10.3. The highest BCUT2D eigenvalue weighted by Gasteiger charge is 2.13. The van der Waals surface area contributed by atoms with Crippen LogP contribution in [0.3, 0.4) is 0 Å². The fourth-order valence-corrected chi connectivity index (χ4v) is 0.559. The summed E-state index contributed by atoms with van der Waals surface area (Å²) in [5, 5.41) is 13.4. The van der Waals surface area contributed by atoms with Crippen LogP contribution < -0.4 is 10.6 Å². The molecule has 0 saturated carbocycles. The zero-order chi connectivity index (χ0) is 8.85. The summed E-state index contributed by atoms with van der Waals surface area (Å²) in [6, 6.07) is -0.709. The summed E-state index contributed by atoms with van der Waals surface area (Å²) in [5.41, 5.74) is 0. The van der Waals surface area contributed by atoms with Gasteiger partial charge in [0.25, 0.3) is 0 Å². The van der Waals surface area contributed by atoms with Crippen LogP contribution >= 0.6 is 0 Å². The summed E-state index contributed by atoms with van der Waals surface area (Å²) in [5.74, 6) is -1.20. The Bertz CT molecular complexity index is 158. The SMILES string of the molecule is CN[C@@H](CNC(C)=O)C(=O)O. The summed E-state index contributed by atoms with van der Waals surface area (Å²) in [7, 11) is 1.53. The molecule has 0 fully saturated rings. The van der Waals surface area contributed by atoms with Gasteiger partial charge in [0.2, 0.25) is 5.91 Å². The Hall–Kier alpha value is -1.10. The zero-order valence-corrected chi connectivity index (χ0v) is 6.55. The van der Waals surface area contributed by atoms with Crippen molar-refractivity contribution in [1.29, 1.82) is 0 Å². The van der Waals surface area contributed by atoms with Crippen LogP contribution in [0.5, 0.6) is 0 Å². The molecule has 0 aromatic heterocycles. The summed E-state index contributed by atoms with van der Waals surface area (Å²) in [6.45, 7) is 1.45. The average Bonchev–Trinajstić information content (AvgIpc) is 1.87. The van der Waals surface area contributed by atoms with E-state index < -0.39 is 12.0 Å². The molecule has 1 atom stereocenters. The van der Waals surface area contributed by atoms with Crippen LogP contribution in [0.25, 0.3) is 0 Å². The number of hydrogen-bond donors (Lipinski definition) is 3. The molecule has 0 rings (SSSR count). The number of hydrogen-bond acceptors (Lipinski definition) is 3. The van der Waals surface area contributed by atoms with Crippen molar-refractivity contribution >= 4 is 11.9 Å². The maximum Gasteiger partial charge on any atom is 0.322 e. The molecule has 0 saturated heterocycles. The maximum absolute atomic E-state index is 10.4. The Kier molecular flexibility index (Phi) is 4.21. The third kappa shape index (κ3) is 4.32. The second kappa shape index (κ2) is 4.68. The first kappa shape index (κ1) is 9.90. The Morgan fingerprint density at radius 2 is 2.09 bits per heavy atom. The molecule has 0 heterocycles. The number of likely N-dealkylation sites (N-methyl/N-ethyl adjacent to an activating group) is 1. The molecule has 3 N–H and O–H groups in total. The Balaban J connectivity index is 3.70. The van der Waals surface area contributed by atoms with Crippen molar-refractivity contribution in [3.05, 3.63) is 0 Å². The van der Waals surface area contributed by atoms with E-state index in [2.05, 4.69) is 10.6 Å². The first-order valence-electron chi connectivity index (χ1n) is 3.22. The van der Waals surface area contributed by atoms with Gasteiger partial charge in [-0.3, -0.25) is 9.59 Å². The highest BCUT2D eigenvalue weighted by Crippen LogP contribution is 1.79. The quantitative estimate of drug-likeness (QED) is 0.482. The average molecular weight is 160 g/mol. The molecule has 0 aromatic carbocycles. The molecule has 5 nitrogen and oxygen atoms in total. The number of carboxylic acids is 1. The molecular weight excluding hydrogens is 148 g/mol. The fourth-order valence-electron chi connectivity index (χ4n) is 0.559. The van der Waals surface area contributed by atoms with Crippen molar-refractivity contribution in [3.63, 3.8) is 0 Å². The molecule has 5 heteroatoms. The summed E-state index contributed by atoms with van der Waals surface area (Å²) >= 11 is 0. The number of carbonyl (C=O) groups excluding carboxylic acids is 1. The summed E-state index contributed by atoms with van der Waals surface area (Å²) in [6.07, 6.45) is 0. The normalized spacial score (nSPS) is 12.2. The molecule has 0 aromatic rings. The first-order valence-corrected chi connectivity index (χ1v) is 3.22. The van der Waals surface area contributed by atoms with Gasteiger partial charge in [0.05, 0.1) is 0 Å². The predicted octanol–water partition coefficient (Wildman–Crippen LogP) is -1.20. The number of aliphatic carboxylic acids is 1. The van der Waals surface area contributed by atoms with E-state index >= 15 is 0 Å². The molecular formula is C6H12N2O3. The van der Waals surface area contributed by atoms with Gasteiger partial charge in [-0.1, -0.05) is 0 Å². The van der Waals surface area contributed by atoms with Gasteiger partial charge in [0.15, 0.2) is 0 Å². The van der Waals surface area contributed by atoms with Crippen molar-refractivity contribution < 1.29 is 14.7 Å². The monoisotopic (exact) mass is 160 g/mol. The van der Waals surface area contributed by atoms with Crippen LogP contribution in [0.2, 0.25) is 0 Å². The van der Waals surface area contributed by atoms with Gasteiger partial charge < -0.3 is 15.7 Å². The van der Waals surface area contributed by atoms with Gasteiger partial charge >= 0.3 is 5.97 Å². The zero-order valence-electron chi connectivity index (χ0n) is 6.55. The molecule has 0 aliphatic rings. The molecule has 0 bridgehead atoms. The lowest BCUT2D eigenvalue weighted by Gasteiger charge is -2.10. The Morgan fingerprint density at radius 1 is 1.55 bits per heavy atom. The van der Waals surface area contributed by atoms with E-state index in [0.29, 0.717) is 0 Å². The maximum atomic E-state index is 10.4. The molecule has 0 radical (unpaired) electrons. The molecule has 0 aliphatic carbocycles. The number of nitrogens with one attached hydrogen (secondary N) is 2. The van der Waals surface area contributed by atoms with Crippen LogP contribution in [0.4, 0.5) is 0 Å². The highest BCUT2D eigenvalue weighted by atomic mass is 16.4. The lowest BCUT2D eigenvalue weighted by Crippen LogP contribution is -2.43. The third-order valence-electron chi connectivity index (χ3n) is 1.20. The smallest absolute Gasteiger partial charge is 0.322 e. The number of carbonyl (C=O) groups is 2. The Labute approximate surface area is 64.8 Å². The van der Waals surface area contributed by atoms with E-state index in [4.69, 9.17) is 5.11 Å². The van der Waals surface area contributed by atoms with Crippen molar-refractivity contribution in [2.45, 2.75) is 13.0 Å². The number of amides is 1. The van der Waals surface area contributed by atoms with Crippen LogP contribution in [0, 0.1) is 0 Å². The minimum atomic E-state index is -0.971. The van der Waals surface area contributed by atoms with Gasteiger partial charge in [-0.2, -0.15) is 0 Å². The van der Waals surface area contributed by atoms with E-state index in [1.54, 1.807) is 0 Å². The fraction of sp³-hybridized carbons (Fsp3) is 0.667. The molecule has 11 heavy (non-hydrogen) atoms. The van der Waals surface area contributed by atoms with E-state index in [1.807, 2.05) is 0 Å². The van der Waals surface area contributed by atoms with Crippen molar-refractivity contribution in [3.8, 4) is 0 Å². The van der Waals surface area contributed by atoms with Crippen molar-refractivity contribution in [2.24, 2.45) is 0 Å². The first-order chi connectivity index (χ1) is 5.07. The second-order valence-electron chi connectivity index (χ2n) is 2.12. The van der Waals surface area contributed by atoms with Crippen LogP contribution in [-0.2, 0) is 9.59 Å². The topological polar surface area (TPSA) is 78.4 Å². The molecule has 64 valence electrons. The molecule has 0 spiro atoms. The largest absolute Gasteiger partial charge is 0.480 e. The summed E-state index contributed by atoms with van der Waals surface area (Å²) in [4.78, 5) is 20.7. The standard InChI is InChI=1S/C6H12N2O3/c1-4(9)8-3-5(7-2)6(10)11/h5,7H,3H2,1-2H3,(H,8,9)(H,10,11)/t5-/m0/s1. The van der Waals surface area contributed by atoms with Crippen molar-refractivity contribution in [1.82, 2.24) is 10.6 Å². The van der Waals surface area contributed by atoms with E-state index in [0.717, 1.165) is 0 Å². The minimum absolute atomic E-state index is 0.112.